The average Bonchev–Trinajstić information content (AvgIpc) is 2.18. The van der Waals surface area contributed by atoms with Crippen LogP contribution in [0.25, 0.3) is 0 Å². The SMILES string of the molecule is CC1CCC1Nc1cn[nH]c(=O)c1Cl. The first kappa shape index (κ1) is 9.52. The van der Waals surface area contributed by atoms with Crippen LogP contribution in [0.4, 0.5) is 5.69 Å². The van der Waals surface area contributed by atoms with Gasteiger partial charge in [0.25, 0.3) is 5.56 Å². The van der Waals surface area contributed by atoms with Gasteiger partial charge in [0.15, 0.2) is 0 Å². The first-order chi connectivity index (χ1) is 6.68. The Balaban J connectivity index is 2.16. The molecule has 0 aromatic carbocycles. The van der Waals surface area contributed by atoms with Gasteiger partial charge in [-0.25, -0.2) is 5.10 Å². The molecule has 1 aliphatic carbocycles. The highest BCUT2D eigenvalue weighted by Gasteiger charge is 2.27. The molecule has 0 spiro atoms. The Kier molecular flexibility index (Phi) is 2.46. The standard InChI is InChI=1S/C9H12ClN3O/c1-5-2-3-6(5)12-7-4-11-13-9(14)8(7)10/h4-6H,2-3H2,1H3,(H2,12,13,14). The monoisotopic (exact) mass is 213 g/mol. The Labute approximate surface area is 86.7 Å². The van der Waals surface area contributed by atoms with E-state index in [1.54, 1.807) is 6.20 Å². The maximum Gasteiger partial charge on any atom is 0.285 e. The molecule has 2 N–H and O–H groups in total. The molecule has 1 aliphatic rings. The van der Waals surface area contributed by atoms with E-state index >= 15 is 0 Å². The number of aromatic amines is 1. The summed E-state index contributed by atoms with van der Waals surface area (Å²) in [6.07, 6.45) is 3.91. The lowest BCUT2D eigenvalue weighted by atomic mass is 9.81. The molecule has 0 bridgehead atoms. The van der Waals surface area contributed by atoms with Crippen LogP contribution in [-0.2, 0) is 0 Å². The Bertz CT molecular complexity index is 390. The summed E-state index contributed by atoms with van der Waals surface area (Å²) in [6, 6.07) is 0.427. The van der Waals surface area contributed by atoms with E-state index in [2.05, 4.69) is 22.4 Å². The van der Waals surface area contributed by atoms with Gasteiger partial charge in [-0.3, -0.25) is 4.79 Å². The summed E-state index contributed by atoms with van der Waals surface area (Å²) >= 11 is 5.82. The lowest BCUT2D eigenvalue weighted by Gasteiger charge is -2.35. The van der Waals surface area contributed by atoms with Crippen molar-refractivity contribution in [3.05, 3.63) is 21.6 Å². The molecule has 1 heterocycles. The minimum absolute atomic E-state index is 0.194. The van der Waals surface area contributed by atoms with Crippen LogP contribution < -0.4 is 10.9 Å². The molecular weight excluding hydrogens is 202 g/mol. The third-order valence-corrected chi connectivity index (χ3v) is 3.13. The number of nitrogens with zero attached hydrogens (tertiary/aromatic N) is 1. The van der Waals surface area contributed by atoms with Gasteiger partial charge in [-0.2, -0.15) is 5.10 Å². The Morgan fingerprint density at radius 3 is 3.00 bits per heavy atom. The average molecular weight is 214 g/mol. The first-order valence-corrected chi connectivity index (χ1v) is 5.06. The molecular formula is C9H12ClN3O. The maximum atomic E-state index is 11.1. The smallest absolute Gasteiger partial charge is 0.285 e. The minimum atomic E-state index is -0.344. The first-order valence-electron chi connectivity index (χ1n) is 4.68. The number of hydrogen-bond donors (Lipinski definition) is 2. The third-order valence-electron chi connectivity index (χ3n) is 2.76. The van der Waals surface area contributed by atoms with Gasteiger partial charge < -0.3 is 5.32 Å². The van der Waals surface area contributed by atoms with E-state index in [0.29, 0.717) is 17.6 Å². The molecule has 1 saturated carbocycles. The molecule has 2 atom stereocenters. The predicted octanol–water partition coefficient (Wildman–Crippen LogP) is 1.63. The largest absolute Gasteiger partial charge is 0.379 e. The van der Waals surface area contributed by atoms with Crippen LogP contribution in [-0.4, -0.2) is 16.2 Å². The van der Waals surface area contributed by atoms with Crippen molar-refractivity contribution in [3.63, 3.8) is 0 Å². The fraction of sp³-hybridized carbons (Fsp3) is 0.556. The zero-order valence-corrected chi connectivity index (χ0v) is 8.64. The molecule has 0 radical (unpaired) electrons. The second-order valence-corrected chi connectivity index (χ2v) is 4.11. The lowest BCUT2D eigenvalue weighted by molar-refractivity contribution is 0.303. The second-order valence-electron chi connectivity index (χ2n) is 3.73. The van der Waals surface area contributed by atoms with E-state index in [9.17, 15) is 4.79 Å². The fourth-order valence-corrected chi connectivity index (χ4v) is 1.71. The van der Waals surface area contributed by atoms with Gasteiger partial charge >= 0.3 is 0 Å². The van der Waals surface area contributed by atoms with E-state index in [4.69, 9.17) is 11.6 Å². The zero-order valence-electron chi connectivity index (χ0n) is 7.88. The molecule has 0 amide bonds. The maximum absolute atomic E-state index is 11.1. The van der Waals surface area contributed by atoms with Crippen LogP contribution in [0.3, 0.4) is 0 Å². The van der Waals surface area contributed by atoms with Crippen LogP contribution in [0.2, 0.25) is 5.02 Å². The van der Waals surface area contributed by atoms with Gasteiger partial charge in [-0.1, -0.05) is 18.5 Å². The van der Waals surface area contributed by atoms with Crippen molar-refractivity contribution in [1.82, 2.24) is 10.2 Å². The summed E-state index contributed by atoms with van der Waals surface area (Å²) in [6.45, 7) is 2.18. The van der Waals surface area contributed by atoms with Gasteiger partial charge in [0.2, 0.25) is 0 Å². The van der Waals surface area contributed by atoms with Crippen LogP contribution in [0.1, 0.15) is 19.8 Å². The number of rotatable bonds is 2. The van der Waals surface area contributed by atoms with Gasteiger partial charge in [-0.15, -0.1) is 0 Å². The van der Waals surface area contributed by atoms with Crippen molar-refractivity contribution < 1.29 is 0 Å². The molecule has 4 nitrogen and oxygen atoms in total. The van der Waals surface area contributed by atoms with E-state index in [-0.39, 0.29) is 10.6 Å². The van der Waals surface area contributed by atoms with Crippen LogP contribution in [0, 0.1) is 5.92 Å². The van der Waals surface area contributed by atoms with Crippen molar-refractivity contribution in [2.75, 3.05) is 5.32 Å². The molecule has 2 unspecified atom stereocenters. The molecule has 76 valence electrons. The van der Waals surface area contributed by atoms with Crippen molar-refractivity contribution >= 4 is 17.3 Å². The van der Waals surface area contributed by atoms with Crippen LogP contribution in [0.15, 0.2) is 11.0 Å². The molecule has 14 heavy (non-hydrogen) atoms. The van der Waals surface area contributed by atoms with E-state index in [1.807, 2.05) is 0 Å². The summed E-state index contributed by atoms with van der Waals surface area (Å²) in [4.78, 5) is 11.1. The fourth-order valence-electron chi connectivity index (χ4n) is 1.56. The number of anilines is 1. The van der Waals surface area contributed by atoms with Gasteiger partial charge in [-0.05, 0) is 18.8 Å². The summed E-state index contributed by atoms with van der Waals surface area (Å²) in [5.41, 5.74) is 0.288. The Hall–Kier alpha value is -1.03. The number of H-pyrrole nitrogens is 1. The Morgan fingerprint density at radius 2 is 2.43 bits per heavy atom. The highest BCUT2D eigenvalue weighted by atomic mass is 35.5. The molecule has 1 fully saturated rings. The summed E-state index contributed by atoms with van der Waals surface area (Å²) in [5, 5.41) is 9.40. The molecule has 2 rings (SSSR count). The highest BCUT2D eigenvalue weighted by molar-refractivity contribution is 6.32. The number of nitrogens with one attached hydrogen (secondary N) is 2. The molecule has 0 saturated heterocycles. The topological polar surface area (TPSA) is 57.8 Å². The molecule has 1 aromatic rings. The van der Waals surface area contributed by atoms with Crippen molar-refractivity contribution in [2.45, 2.75) is 25.8 Å². The van der Waals surface area contributed by atoms with Crippen molar-refractivity contribution in [3.8, 4) is 0 Å². The van der Waals surface area contributed by atoms with Crippen molar-refractivity contribution in [2.24, 2.45) is 5.92 Å². The molecule has 0 aliphatic heterocycles. The zero-order chi connectivity index (χ0) is 10.1. The van der Waals surface area contributed by atoms with Gasteiger partial charge in [0.05, 0.1) is 11.9 Å². The number of aromatic nitrogens is 2. The third kappa shape index (κ3) is 1.62. The van der Waals surface area contributed by atoms with Crippen molar-refractivity contribution in [1.29, 1.82) is 0 Å². The molecule has 5 heteroatoms. The van der Waals surface area contributed by atoms with Gasteiger partial charge in [0.1, 0.15) is 5.02 Å². The minimum Gasteiger partial charge on any atom is -0.379 e. The number of hydrogen-bond acceptors (Lipinski definition) is 3. The summed E-state index contributed by atoms with van der Waals surface area (Å²) in [7, 11) is 0. The Morgan fingerprint density at radius 1 is 1.64 bits per heavy atom. The lowest BCUT2D eigenvalue weighted by Crippen LogP contribution is -2.36. The van der Waals surface area contributed by atoms with Crippen LogP contribution in [0.5, 0.6) is 0 Å². The molecule has 1 aromatic heterocycles. The van der Waals surface area contributed by atoms with E-state index < -0.39 is 0 Å². The highest BCUT2D eigenvalue weighted by Crippen LogP contribution is 2.30. The number of halogens is 1. The summed E-state index contributed by atoms with van der Waals surface area (Å²) < 4.78 is 0. The van der Waals surface area contributed by atoms with Crippen LogP contribution >= 0.6 is 11.6 Å². The summed E-state index contributed by atoms with van der Waals surface area (Å²) in [5.74, 6) is 0.644. The second kappa shape index (κ2) is 3.61. The van der Waals surface area contributed by atoms with E-state index in [0.717, 1.165) is 6.42 Å². The quantitative estimate of drug-likeness (QED) is 0.785. The van der Waals surface area contributed by atoms with Gasteiger partial charge in [0, 0.05) is 6.04 Å². The van der Waals surface area contributed by atoms with E-state index in [1.165, 1.54) is 6.42 Å². The normalized spacial score (nSPS) is 25.6. The predicted molar refractivity (Wildman–Crippen MR) is 55.7 cm³/mol.